The lowest BCUT2D eigenvalue weighted by Crippen LogP contribution is -2.21. The van der Waals surface area contributed by atoms with E-state index in [9.17, 15) is 0 Å². The van der Waals surface area contributed by atoms with Crippen LogP contribution in [0.2, 0.25) is 0 Å². The van der Waals surface area contributed by atoms with Gasteiger partial charge < -0.3 is 15.0 Å². The van der Waals surface area contributed by atoms with Gasteiger partial charge >= 0.3 is 0 Å². The van der Waals surface area contributed by atoms with Gasteiger partial charge in [-0.1, -0.05) is 12.1 Å². The predicted molar refractivity (Wildman–Crippen MR) is 74.7 cm³/mol. The van der Waals surface area contributed by atoms with E-state index in [4.69, 9.17) is 10.1 Å². The Kier molecular flexibility index (Phi) is 5.21. The summed E-state index contributed by atoms with van der Waals surface area (Å²) in [5, 5.41) is 7.05. The van der Waals surface area contributed by atoms with Gasteiger partial charge in [0, 0.05) is 13.0 Å². The predicted octanol–water partition coefficient (Wildman–Crippen LogP) is 2.74. The van der Waals surface area contributed by atoms with Crippen LogP contribution in [0.25, 0.3) is 0 Å². The first kappa shape index (κ1) is 13.1. The summed E-state index contributed by atoms with van der Waals surface area (Å²) in [5.74, 6) is 0.935. The van der Waals surface area contributed by atoms with E-state index in [2.05, 4.69) is 4.90 Å². The van der Waals surface area contributed by atoms with Gasteiger partial charge in [-0.3, -0.25) is 0 Å². The Bertz CT molecular complexity index is 355. The minimum absolute atomic E-state index is 0.704. The van der Waals surface area contributed by atoms with Crippen molar-refractivity contribution in [1.82, 2.24) is 4.90 Å². The average molecular weight is 246 g/mol. The van der Waals surface area contributed by atoms with Gasteiger partial charge in [0.2, 0.25) is 0 Å². The summed E-state index contributed by atoms with van der Waals surface area (Å²) < 4.78 is 5.72. The molecule has 98 valence electrons. The van der Waals surface area contributed by atoms with Crippen LogP contribution in [0.4, 0.5) is 0 Å². The fourth-order valence-corrected chi connectivity index (χ4v) is 2.32. The van der Waals surface area contributed by atoms with E-state index < -0.39 is 0 Å². The number of hydrogen-bond acceptors (Lipinski definition) is 3. The van der Waals surface area contributed by atoms with E-state index >= 15 is 0 Å². The van der Waals surface area contributed by atoms with E-state index in [0.29, 0.717) is 6.42 Å². The van der Waals surface area contributed by atoms with Crippen LogP contribution >= 0.6 is 0 Å². The van der Waals surface area contributed by atoms with Crippen molar-refractivity contribution in [2.45, 2.75) is 25.7 Å². The topological polar surface area (TPSA) is 36.3 Å². The van der Waals surface area contributed by atoms with Crippen LogP contribution in [-0.2, 0) is 6.42 Å². The van der Waals surface area contributed by atoms with Gasteiger partial charge in [0.15, 0.2) is 0 Å². The molecule has 0 amide bonds. The quantitative estimate of drug-likeness (QED) is 0.593. The monoisotopic (exact) mass is 246 g/mol. The SMILES string of the molecule is N=CCc1ccc(OCCCN2CCCC2)cc1. The molecule has 0 aromatic heterocycles. The molecule has 0 aliphatic carbocycles. The molecule has 3 heteroatoms. The molecule has 2 rings (SSSR count). The summed E-state index contributed by atoms with van der Waals surface area (Å²) in [5.41, 5.74) is 1.16. The molecule has 0 spiro atoms. The second-order valence-electron chi connectivity index (χ2n) is 4.80. The second kappa shape index (κ2) is 7.17. The zero-order valence-corrected chi connectivity index (χ0v) is 10.9. The van der Waals surface area contributed by atoms with Crippen LogP contribution in [-0.4, -0.2) is 37.4 Å². The molecule has 0 radical (unpaired) electrons. The van der Waals surface area contributed by atoms with E-state index in [1.54, 1.807) is 0 Å². The zero-order chi connectivity index (χ0) is 12.6. The van der Waals surface area contributed by atoms with Crippen molar-refractivity contribution in [2.24, 2.45) is 0 Å². The Morgan fingerprint density at radius 1 is 1.17 bits per heavy atom. The van der Waals surface area contributed by atoms with Crippen molar-refractivity contribution in [3.05, 3.63) is 29.8 Å². The maximum atomic E-state index is 7.05. The maximum absolute atomic E-state index is 7.05. The van der Waals surface area contributed by atoms with Crippen LogP contribution in [0.1, 0.15) is 24.8 Å². The maximum Gasteiger partial charge on any atom is 0.119 e. The first-order valence-electron chi connectivity index (χ1n) is 6.81. The molecular weight excluding hydrogens is 224 g/mol. The number of hydrogen-bond donors (Lipinski definition) is 1. The average Bonchev–Trinajstić information content (AvgIpc) is 2.90. The molecule has 0 atom stereocenters. The molecule has 0 unspecified atom stereocenters. The van der Waals surface area contributed by atoms with Gasteiger partial charge in [0.1, 0.15) is 5.75 Å². The normalized spacial score (nSPS) is 15.8. The van der Waals surface area contributed by atoms with Crippen molar-refractivity contribution in [3.63, 3.8) is 0 Å². The molecule has 1 aromatic rings. The molecular formula is C15H22N2O. The molecule has 1 aliphatic rings. The van der Waals surface area contributed by atoms with Crippen LogP contribution in [0, 0.1) is 5.41 Å². The molecule has 18 heavy (non-hydrogen) atoms. The molecule has 0 saturated carbocycles. The highest BCUT2D eigenvalue weighted by Gasteiger charge is 2.10. The first-order chi connectivity index (χ1) is 8.88. The van der Waals surface area contributed by atoms with Gasteiger partial charge in [-0.05, 0) is 56.3 Å². The van der Waals surface area contributed by atoms with Crippen LogP contribution < -0.4 is 4.74 Å². The van der Waals surface area contributed by atoms with Gasteiger partial charge in [0.05, 0.1) is 6.61 Å². The smallest absolute Gasteiger partial charge is 0.119 e. The van der Waals surface area contributed by atoms with Gasteiger partial charge in [-0.25, -0.2) is 0 Å². The van der Waals surface area contributed by atoms with Crippen molar-refractivity contribution in [2.75, 3.05) is 26.2 Å². The molecule has 1 fully saturated rings. The van der Waals surface area contributed by atoms with Gasteiger partial charge in [-0.15, -0.1) is 0 Å². The highest BCUT2D eigenvalue weighted by atomic mass is 16.5. The number of benzene rings is 1. The minimum atomic E-state index is 0.704. The van der Waals surface area contributed by atoms with E-state index in [0.717, 1.165) is 30.9 Å². The molecule has 1 saturated heterocycles. The summed E-state index contributed by atoms with van der Waals surface area (Å²) >= 11 is 0. The van der Waals surface area contributed by atoms with Crippen molar-refractivity contribution >= 4 is 6.21 Å². The number of ether oxygens (including phenoxy) is 1. The summed E-state index contributed by atoms with van der Waals surface area (Å²) in [7, 11) is 0. The first-order valence-corrected chi connectivity index (χ1v) is 6.81. The third-order valence-corrected chi connectivity index (χ3v) is 3.35. The molecule has 1 aliphatic heterocycles. The highest BCUT2D eigenvalue weighted by Crippen LogP contribution is 2.13. The number of nitrogens with one attached hydrogen (secondary N) is 1. The molecule has 1 aromatic carbocycles. The summed E-state index contributed by atoms with van der Waals surface area (Å²) in [4.78, 5) is 2.51. The van der Waals surface area contributed by atoms with Gasteiger partial charge in [-0.2, -0.15) is 0 Å². The Labute approximate surface area is 109 Å². The fraction of sp³-hybridized carbons (Fsp3) is 0.533. The second-order valence-corrected chi connectivity index (χ2v) is 4.80. The largest absolute Gasteiger partial charge is 0.494 e. The fourth-order valence-electron chi connectivity index (χ4n) is 2.32. The number of rotatable bonds is 7. The van der Waals surface area contributed by atoms with Crippen molar-refractivity contribution < 1.29 is 4.74 Å². The Morgan fingerprint density at radius 2 is 1.89 bits per heavy atom. The van der Waals surface area contributed by atoms with Crippen molar-refractivity contribution in [3.8, 4) is 5.75 Å². The number of likely N-dealkylation sites (tertiary alicyclic amines) is 1. The Balaban J connectivity index is 1.64. The number of nitrogens with zero attached hydrogens (tertiary/aromatic N) is 1. The zero-order valence-electron chi connectivity index (χ0n) is 10.9. The lowest BCUT2D eigenvalue weighted by molar-refractivity contribution is 0.263. The van der Waals surface area contributed by atoms with Crippen LogP contribution in [0.15, 0.2) is 24.3 Å². The van der Waals surface area contributed by atoms with Crippen molar-refractivity contribution in [1.29, 1.82) is 5.41 Å². The van der Waals surface area contributed by atoms with E-state index in [1.807, 2.05) is 24.3 Å². The Morgan fingerprint density at radius 3 is 2.56 bits per heavy atom. The van der Waals surface area contributed by atoms with E-state index in [1.165, 1.54) is 32.1 Å². The van der Waals surface area contributed by atoms with Crippen LogP contribution in [0.3, 0.4) is 0 Å². The molecule has 1 N–H and O–H groups in total. The summed E-state index contributed by atoms with van der Waals surface area (Å²) in [6.45, 7) is 4.48. The lowest BCUT2D eigenvalue weighted by Gasteiger charge is -2.14. The Hall–Kier alpha value is -1.35. The lowest BCUT2D eigenvalue weighted by atomic mass is 10.2. The van der Waals surface area contributed by atoms with Gasteiger partial charge in [0.25, 0.3) is 0 Å². The standard InChI is InChI=1S/C15H22N2O/c16-9-8-14-4-6-15(7-5-14)18-13-3-12-17-10-1-2-11-17/h4-7,9,16H,1-3,8,10-13H2. The molecule has 3 nitrogen and oxygen atoms in total. The minimum Gasteiger partial charge on any atom is -0.494 e. The molecule has 0 bridgehead atoms. The third kappa shape index (κ3) is 4.15. The highest BCUT2D eigenvalue weighted by molar-refractivity contribution is 5.57. The van der Waals surface area contributed by atoms with E-state index in [-0.39, 0.29) is 0 Å². The summed E-state index contributed by atoms with van der Waals surface area (Å²) in [6, 6.07) is 8.05. The molecule has 1 heterocycles. The third-order valence-electron chi connectivity index (χ3n) is 3.35. The summed E-state index contributed by atoms with van der Waals surface area (Å²) in [6.07, 6.45) is 5.94. The van der Waals surface area contributed by atoms with Crippen LogP contribution in [0.5, 0.6) is 5.75 Å².